The van der Waals surface area contributed by atoms with Gasteiger partial charge < -0.3 is 24.3 Å². The van der Waals surface area contributed by atoms with Crippen LogP contribution in [-0.4, -0.2) is 52.3 Å². The van der Waals surface area contributed by atoms with Gasteiger partial charge in [0.15, 0.2) is 5.78 Å². The van der Waals surface area contributed by atoms with E-state index in [1.165, 1.54) is 14.2 Å². The van der Waals surface area contributed by atoms with E-state index in [2.05, 4.69) is 5.32 Å². The van der Waals surface area contributed by atoms with Crippen LogP contribution in [0, 0.1) is 11.8 Å². The molecule has 3 rings (SSSR count). The molecule has 0 saturated heterocycles. The fraction of sp³-hybridized carbons (Fsp3) is 0.458. The van der Waals surface area contributed by atoms with Gasteiger partial charge >= 0.3 is 11.9 Å². The second-order valence-electron chi connectivity index (χ2n) is 7.94. The van der Waals surface area contributed by atoms with Gasteiger partial charge in [-0.25, -0.2) is 4.79 Å². The fourth-order valence-corrected chi connectivity index (χ4v) is 4.38. The molecule has 1 N–H and O–H groups in total. The lowest BCUT2D eigenvalue weighted by Crippen LogP contribution is -2.43. The molecule has 2 aliphatic rings. The molecule has 0 bridgehead atoms. The quantitative estimate of drug-likeness (QED) is 0.390. The Bertz CT molecular complexity index is 961. The third-order valence-electron chi connectivity index (χ3n) is 5.93. The van der Waals surface area contributed by atoms with Gasteiger partial charge in [-0.2, -0.15) is 0 Å². The van der Waals surface area contributed by atoms with Crippen LogP contribution in [-0.2, 0) is 28.6 Å². The number of hydrogen-bond donors (Lipinski definition) is 1. The minimum Gasteiger partial charge on any atom is -0.497 e. The number of rotatable bonds is 7. The maximum absolute atomic E-state index is 13.6. The molecule has 0 unspecified atom stereocenters. The lowest BCUT2D eigenvalue weighted by atomic mass is 9.69. The minimum absolute atomic E-state index is 0.0864. The van der Waals surface area contributed by atoms with Crippen molar-refractivity contribution in [1.29, 1.82) is 0 Å². The number of esters is 2. The van der Waals surface area contributed by atoms with Gasteiger partial charge in [-0.15, -0.1) is 0 Å². The Morgan fingerprint density at radius 2 is 1.78 bits per heavy atom. The number of ketones is 1. The van der Waals surface area contributed by atoms with E-state index in [1.54, 1.807) is 26.2 Å². The molecule has 32 heavy (non-hydrogen) atoms. The number of carbonyl (C=O) groups excluding carboxylic acids is 3. The van der Waals surface area contributed by atoms with E-state index in [-0.39, 0.29) is 24.9 Å². The summed E-state index contributed by atoms with van der Waals surface area (Å²) in [6, 6.07) is 7.17. The Balaban J connectivity index is 2.11. The average Bonchev–Trinajstić information content (AvgIpc) is 2.78. The summed E-state index contributed by atoms with van der Waals surface area (Å²) >= 11 is 0. The topological polar surface area (TPSA) is 100 Å². The first-order valence-corrected chi connectivity index (χ1v) is 10.5. The third-order valence-corrected chi connectivity index (χ3v) is 5.93. The SMILES string of the molecule is COCCOC(=O)C1=C(C)NC2=C(C(=O)[C@H](C(=O)OC)[C@H](C)C2)[C@H]1c1ccc(OC)cc1. The van der Waals surface area contributed by atoms with Crippen LogP contribution in [0.3, 0.4) is 0 Å². The zero-order valence-electron chi connectivity index (χ0n) is 19.0. The molecule has 1 aliphatic carbocycles. The normalized spacial score (nSPS) is 22.8. The first-order valence-electron chi connectivity index (χ1n) is 10.5. The van der Waals surface area contributed by atoms with Crippen molar-refractivity contribution in [2.45, 2.75) is 26.2 Å². The number of methoxy groups -OCH3 is 3. The van der Waals surface area contributed by atoms with Crippen molar-refractivity contribution in [2.24, 2.45) is 11.8 Å². The summed E-state index contributed by atoms with van der Waals surface area (Å²) in [5.41, 5.74) is 2.78. The predicted molar refractivity (Wildman–Crippen MR) is 116 cm³/mol. The summed E-state index contributed by atoms with van der Waals surface area (Å²) in [4.78, 5) is 39.1. The van der Waals surface area contributed by atoms with Gasteiger partial charge in [-0.05, 0) is 37.0 Å². The first-order chi connectivity index (χ1) is 15.3. The van der Waals surface area contributed by atoms with E-state index in [4.69, 9.17) is 18.9 Å². The van der Waals surface area contributed by atoms with Crippen molar-refractivity contribution < 1.29 is 33.3 Å². The molecule has 0 amide bonds. The second kappa shape index (κ2) is 9.99. The van der Waals surface area contributed by atoms with Crippen molar-refractivity contribution >= 4 is 17.7 Å². The number of dihydropyridines is 1. The van der Waals surface area contributed by atoms with E-state index >= 15 is 0 Å². The molecule has 0 aromatic heterocycles. The molecule has 1 heterocycles. The Hall–Kier alpha value is -3.13. The maximum Gasteiger partial charge on any atom is 0.336 e. The maximum atomic E-state index is 13.6. The second-order valence-corrected chi connectivity index (χ2v) is 7.94. The van der Waals surface area contributed by atoms with Crippen LogP contribution in [0.15, 0.2) is 46.8 Å². The summed E-state index contributed by atoms with van der Waals surface area (Å²) in [6.07, 6.45) is 0.483. The van der Waals surface area contributed by atoms with Gasteiger partial charge in [-0.1, -0.05) is 19.1 Å². The molecule has 0 spiro atoms. The van der Waals surface area contributed by atoms with Gasteiger partial charge in [0.25, 0.3) is 0 Å². The Kier molecular flexibility index (Phi) is 7.35. The van der Waals surface area contributed by atoms with Gasteiger partial charge in [0.1, 0.15) is 18.3 Å². The van der Waals surface area contributed by atoms with Crippen LogP contribution in [0.25, 0.3) is 0 Å². The highest BCUT2D eigenvalue weighted by Gasteiger charge is 2.47. The summed E-state index contributed by atoms with van der Waals surface area (Å²) in [5, 5.41) is 3.23. The van der Waals surface area contributed by atoms with Crippen LogP contribution in [0.4, 0.5) is 0 Å². The minimum atomic E-state index is -0.925. The van der Waals surface area contributed by atoms with Gasteiger partial charge in [-0.3, -0.25) is 9.59 Å². The number of nitrogens with one attached hydrogen (secondary N) is 1. The van der Waals surface area contributed by atoms with Crippen LogP contribution < -0.4 is 10.1 Å². The van der Waals surface area contributed by atoms with Crippen molar-refractivity contribution in [3.63, 3.8) is 0 Å². The van der Waals surface area contributed by atoms with E-state index in [9.17, 15) is 14.4 Å². The third kappa shape index (κ3) is 4.41. The molecular formula is C24H29NO7. The van der Waals surface area contributed by atoms with Gasteiger partial charge in [0, 0.05) is 30.0 Å². The largest absolute Gasteiger partial charge is 0.497 e. The molecule has 172 valence electrons. The molecule has 0 fully saturated rings. The van der Waals surface area contributed by atoms with Gasteiger partial charge in [0.05, 0.1) is 26.4 Å². The van der Waals surface area contributed by atoms with Crippen molar-refractivity contribution in [3.8, 4) is 5.75 Å². The molecule has 0 saturated carbocycles. The summed E-state index contributed by atoms with van der Waals surface area (Å²) in [5.74, 6) is -2.64. The van der Waals surface area contributed by atoms with E-state index in [1.807, 2.05) is 19.1 Å². The molecule has 1 aromatic carbocycles. The first kappa shape index (κ1) is 23.5. The van der Waals surface area contributed by atoms with Crippen LogP contribution in [0.1, 0.15) is 31.7 Å². The van der Waals surface area contributed by atoms with Gasteiger partial charge in [0.2, 0.25) is 0 Å². The average molecular weight is 443 g/mol. The summed E-state index contributed by atoms with van der Waals surface area (Å²) in [6.45, 7) is 3.98. The molecule has 1 aromatic rings. The fourth-order valence-electron chi connectivity index (χ4n) is 4.38. The molecule has 8 nitrogen and oxygen atoms in total. The highest BCUT2D eigenvalue weighted by atomic mass is 16.6. The molecule has 3 atom stereocenters. The number of hydrogen-bond acceptors (Lipinski definition) is 8. The van der Waals surface area contributed by atoms with Crippen molar-refractivity contribution in [2.75, 3.05) is 34.5 Å². The van der Waals surface area contributed by atoms with Crippen molar-refractivity contribution in [1.82, 2.24) is 5.32 Å². The number of allylic oxidation sites excluding steroid dienone is 3. The zero-order valence-corrected chi connectivity index (χ0v) is 19.0. The van der Waals surface area contributed by atoms with Crippen molar-refractivity contribution in [3.05, 3.63) is 52.4 Å². The molecule has 1 aliphatic heterocycles. The Morgan fingerprint density at radius 1 is 1.09 bits per heavy atom. The monoisotopic (exact) mass is 443 g/mol. The zero-order chi connectivity index (χ0) is 23.4. The lowest BCUT2D eigenvalue weighted by Gasteiger charge is -2.38. The number of ether oxygens (including phenoxy) is 4. The lowest BCUT2D eigenvalue weighted by molar-refractivity contribution is -0.151. The highest BCUT2D eigenvalue weighted by Crippen LogP contribution is 2.45. The molecular weight excluding hydrogens is 414 g/mol. The number of benzene rings is 1. The summed E-state index contributed by atoms with van der Waals surface area (Å²) < 4.78 is 20.5. The Labute approximate surface area is 187 Å². The van der Waals surface area contributed by atoms with Crippen LogP contribution in [0.5, 0.6) is 5.75 Å². The van der Waals surface area contributed by atoms with Crippen LogP contribution in [0.2, 0.25) is 0 Å². The van der Waals surface area contributed by atoms with E-state index < -0.39 is 23.8 Å². The van der Waals surface area contributed by atoms with E-state index in [0.29, 0.717) is 29.0 Å². The molecule has 0 radical (unpaired) electrons. The highest BCUT2D eigenvalue weighted by molar-refractivity contribution is 6.12. The molecule has 8 heteroatoms. The standard InChI is InChI=1S/C24H29NO7/c1-13-12-17-21(22(26)18(13)23(27)31-5)20(15-6-8-16(30-4)9-7-15)19(14(2)25-17)24(28)32-11-10-29-3/h6-9,13,18,20,25H,10-12H2,1-5H3/t13-,18-,20+/m1/s1. The summed E-state index contributed by atoms with van der Waals surface area (Å²) in [7, 11) is 4.36. The smallest absolute Gasteiger partial charge is 0.336 e. The Morgan fingerprint density at radius 3 is 2.38 bits per heavy atom. The van der Waals surface area contributed by atoms with E-state index in [0.717, 1.165) is 11.3 Å². The predicted octanol–water partition coefficient (Wildman–Crippen LogP) is 2.50. The van der Waals surface area contributed by atoms with Crippen LogP contribution >= 0.6 is 0 Å². The number of carbonyl (C=O) groups is 3. The number of Topliss-reactive ketones (excluding diaryl/α,β-unsaturated/α-hetero) is 1.